The molecular weight excluding hydrogens is 154 g/mol. The monoisotopic (exact) mass is 173 g/mol. The second-order valence-corrected chi connectivity index (χ2v) is 3.65. The van der Waals surface area contributed by atoms with Crippen molar-refractivity contribution < 1.29 is 10.2 Å². The summed E-state index contributed by atoms with van der Waals surface area (Å²) < 4.78 is 0. The molecule has 0 bridgehead atoms. The van der Waals surface area contributed by atoms with E-state index in [1.54, 1.807) is 0 Å². The zero-order valence-corrected chi connectivity index (χ0v) is 7.74. The van der Waals surface area contributed by atoms with E-state index in [2.05, 4.69) is 11.8 Å². The highest BCUT2D eigenvalue weighted by molar-refractivity contribution is 4.77. The topological polar surface area (TPSA) is 43.7 Å². The van der Waals surface area contributed by atoms with E-state index in [-0.39, 0.29) is 12.7 Å². The molecule has 0 aromatic carbocycles. The van der Waals surface area contributed by atoms with Gasteiger partial charge in [0.1, 0.15) is 0 Å². The van der Waals surface area contributed by atoms with Crippen LogP contribution in [0.5, 0.6) is 0 Å². The van der Waals surface area contributed by atoms with Crippen molar-refractivity contribution in [2.75, 3.05) is 19.7 Å². The zero-order chi connectivity index (χ0) is 8.97. The molecule has 0 saturated carbocycles. The van der Waals surface area contributed by atoms with Gasteiger partial charge in [-0.1, -0.05) is 0 Å². The minimum absolute atomic E-state index is 0.153. The molecule has 12 heavy (non-hydrogen) atoms. The summed E-state index contributed by atoms with van der Waals surface area (Å²) in [5.74, 6) is 0. The molecule has 1 aliphatic rings. The van der Waals surface area contributed by atoms with Crippen LogP contribution in [-0.2, 0) is 0 Å². The van der Waals surface area contributed by atoms with Crippen LogP contribution < -0.4 is 0 Å². The van der Waals surface area contributed by atoms with E-state index in [4.69, 9.17) is 5.11 Å². The van der Waals surface area contributed by atoms with Crippen molar-refractivity contribution in [2.24, 2.45) is 0 Å². The Hall–Kier alpha value is -0.120. The lowest BCUT2D eigenvalue weighted by Crippen LogP contribution is -2.44. The van der Waals surface area contributed by atoms with Crippen molar-refractivity contribution in [1.82, 2.24) is 4.90 Å². The lowest BCUT2D eigenvalue weighted by molar-refractivity contribution is 0.0378. The molecular formula is C9H19NO2. The molecule has 2 atom stereocenters. The van der Waals surface area contributed by atoms with Gasteiger partial charge in [-0.25, -0.2) is 0 Å². The second-order valence-electron chi connectivity index (χ2n) is 3.65. The van der Waals surface area contributed by atoms with Crippen molar-refractivity contribution in [3.8, 4) is 0 Å². The molecule has 2 N–H and O–H groups in total. The molecule has 0 radical (unpaired) electrons. The maximum Gasteiger partial charge on any atom is 0.0667 e. The second kappa shape index (κ2) is 4.80. The fourth-order valence-corrected chi connectivity index (χ4v) is 1.74. The van der Waals surface area contributed by atoms with Crippen LogP contribution in [-0.4, -0.2) is 47.0 Å². The van der Waals surface area contributed by atoms with E-state index >= 15 is 0 Å². The molecule has 0 spiro atoms. The van der Waals surface area contributed by atoms with E-state index in [0.29, 0.717) is 6.04 Å². The summed E-state index contributed by atoms with van der Waals surface area (Å²) >= 11 is 0. The summed E-state index contributed by atoms with van der Waals surface area (Å²) in [5.41, 5.74) is 0. The van der Waals surface area contributed by atoms with Crippen LogP contribution in [0.15, 0.2) is 0 Å². The zero-order valence-electron chi connectivity index (χ0n) is 7.74. The molecule has 0 aromatic heterocycles. The highest BCUT2D eigenvalue weighted by Crippen LogP contribution is 2.16. The number of piperidine rings is 1. The number of hydrogen-bond donors (Lipinski definition) is 2. The molecule has 1 saturated heterocycles. The summed E-state index contributed by atoms with van der Waals surface area (Å²) in [6, 6.07) is 0.569. The molecule has 1 aliphatic heterocycles. The number of rotatable bonds is 3. The van der Waals surface area contributed by atoms with Crippen LogP contribution in [0.2, 0.25) is 0 Å². The van der Waals surface area contributed by atoms with Crippen molar-refractivity contribution in [3.63, 3.8) is 0 Å². The molecule has 1 fully saturated rings. The number of hydrogen-bond acceptors (Lipinski definition) is 3. The normalized spacial score (nSPS) is 32.2. The summed E-state index contributed by atoms with van der Waals surface area (Å²) in [7, 11) is 0. The first kappa shape index (κ1) is 9.96. The first-order valence-electron chi connectivity index (χ1n) is 4.77. The van der Waals surface area contributed by atoms with E-state index in [1.165, 1.54) is 0 Å². The molecule has 0 aliphatic carbocycles. The van der Waals surface area contributed by atoms with Gasteiger partial charge in [0.05, 0.1) is 6.10 Å². The molecule has 1 rings (SSSR count). The Labute approximate surface area is 74.0 Å². The average Bonchev–Trinajstić information content (AvgIpc) is 2.07. The Morgan fingerprint density at radius 3 is 2.83 bits per heavy atom. The van der Waals surface area contributed by atoms with Crippen LogP contribution in [0.4, 0.5) is 0 Å². The van der Waals surface area contributed by atoms with Gasteiger partial charge in [-0.2, -0.15) is 0 Å². The third kappa shape index (κ3) is 2.73. The Balaban J connectivity index is 2.28. The maximum atomic E-state index is 9.39. The van der Waals surface area contributed by atoms with Crippen LogP contribution >= 0.6 is 0 Å². The van der Waals surface area contributed by atoms with Gasteiger partial charge in [-0.05, 0) is 26.2 Å². The van der Waals surface area contributed by atoms with Crippen molar-refractivity contribution in [3.05, 3.63) is 0 Å². The first-order chi connectivity index (χ1) is 5.74. The summed E-state index contributed by atoms with van der Waals surface area (Å²) in [4.78, 5) is 2.25. The van der Waals surface area contributed by atoms with Gasteiger partial charge < -0.3 is 10.2 Å². The Bertz CT molecular complexity index is 130. The SMILES string of the molecule is C[C@@H]1CC[C@@H](O)CN1CCCO. The Morgan fingerprint density at radius 2 is 2.17 bits per heavy atom. The summed E-state index contributed by atoms with van der Waals surface area (Å²) in [6.45, 7) is 4.12. The lowest BCUT2D eigenvalue weighted by atomic mass is 10.0. The van der Waals surface area contributed by atoms with Gasteiger partial charge in [0.15, 0.2) is 0 Å². The van der Waals surface area contributed by atoms with E-state index in [0.717, 1.165) is 32.4 Å². The number of likely N-dealkylation sites (tertiary alicyclic amines) is 1. The Kier molecular flexibility index (Phi) is 3.98. The summed E-state index contributed by atoms with van der Waals surface area (Å²) in [6.07, 6.45) is 2.67. The van der Waals surface area contributed by atoms with E-state index in [1.807, 2.05) is 0 Å². The van der Waals surface area contributed by atoms with Crippen molar-refractivity contribution in [1.29, 1.82) is 0 Å². The standard InChI is InChI=1S/C9H19NO2/c1-8-3-4-9(12)7-10(8)5-2-6-11/h8-9,11-12H,2-7H2,1H3/t8-,9-/m1/s1. The smallest absolute Gasteiger partial charge is 0.0667 e. The van der Waals surface area contributed by atoms with Crippen molar-refractivity contribution >= 4 is 0 Å². The fraction of sp³-hybridized carbons (Fsp3) is 1.00. The largest absolute Gasteiger partial charge is 0.396 e. The van der Waals surface area contributed by atoms with Gasteiger partial charge in [-0.3, -0.25) is 4.90 Å². The predicted octanol–water partition coefficient (Wildman–Crippen LogP) is 0.214. The fourth-order valence-electron chi connectivity index (χ4n) is 1.74. The van der Waals surface area contributed by atoms with Crippen LogP contribution in [0.3, 0.4) is 0 Å². The highest BCUT2D eigenvalue weighted by atomic mass is 16.3. The highest BCUT2D eigenvalue weighted by Gasteiger charge is 2.22. The van der Waals surface area contributed by atoms with Crippen molar-refractivity contribution in [2.45, 2.75) is 38.3 Å². The van der Waals surface area contributed by atoms with E-state index in [9.17, 15) is 5.11 Å². The molecule has 3 nitrogen and oxygen atoms in total. The first-order valence-corrected chi connectivity index (χ1v) is 4.77. The van der Waals surface area contributed by atoms with Crippen LogP contribution in [0.25, 0.3) is 0 Å². The molecule has 3 heteroatoms. The number of aliphatic hydroxyl groups is 2. The average molecular weight is 173 g/mol. The van der Waals surface area contributed by atoms with Gasteiger partial charge in [0, 0.05) is 25.7 Å². The van der Waals surface area contributed by atoms with Crippen LogP contribution in [0, 0.1) is 0 Å². The van der Waals surface area contributed by atoms with Gasteiger partial charge in [-0.15, -0.1) is 0 Å². The number of β-amino-alcohol motifs (C(OH)–C–C–N with tert-alkyl or cyclic N) is 1. The molecule has 72 valence electrons. The maximum absolute atomic E-state index is 9.39. The van der Waals surface area contributed by atoms with Gasteiger partial charge in [0.2, 0.25) is 0 Å². The number of nitrogens with zero attached hydrogens (tertiary/aromatic N) is 1. The molecule has 0 unspecified atom stereocenters. The van der Waals surface area contributed by atoms with Gasteiger partial charge in [0.25, 0.3) is 0 Å². The lowest BCUT2D eigenvalue weighted by Gasteiger charge is -2.35. The third-order valence-corrected chi connectivity index (χ3v) is 2.59. The van der Waals surface area contributed by atoms with Crippen LogP contribution in [0.1, 0.15) is 26.2 Å². The molecule has 0 aromatic rings. The molecule has 1 heterocycles. The Morgan fingerprint density at radius 1 is 1.42 bits per heavy atom. The third-order valence-electron chi connectivity index (χ3n) is 2.59. The quantitative estimate of drug-likeness (QED) is 0.641. The minimum atomic E-state index is -0.153. The predicted molar refractivity (Wildman–Crippen MR) is 48.0 cm³/mol. The summed E-state index contributed by atoms with van der Waals surface area (Å²) in [5, 5.41) is 18.1. The van der Waals surface area contributed by atoms with Gasteiger partial charge >= 0.3 is 0 Å². The number of aliphatic hydroxyl groups excluding tert-OH is 2. The van der Waals surface area contributed by atoms with E-state index < -0.39 is 0 Å². The minimum Gasteiger partial charge on any atom is -0.396 e. The molecule has 0 amide bonds.